The molecule has 2 aliphatic rings. The minimum Gasteiger partial charge on any atom is -0.467 e. The van der Waals surface area contributed by atoms with E-state index in [1.54, 1.807) is 24.3 Å². The molecule has 4 rings (SSSR count). The molecule has 0 saturated carbocycles. The zero-order valence-electron chi connectivity index (χ0n) is 17.2. The van der Waals surface area contributed by atoms with Gasteiger partial charge in [-0.1, -0.05) is 48.5 Å². The van der Waals surface area contributed by atoms with Gasteiger partial charge in [-0.3, -0.25) is 14.6 Å². The standard InChI is InChI=1S/C23H25N3O4/c1-23(2)14-17(22(29)30-3)25-21(28)18(24-20(27)16-12-8-5-9-13-16)19(26(23)25)15-10-6-4-7-11-15/h4-13,17-19H,14H2,1-3H3,(H,24,27)/t17-,18-,19-/m1/s1. The van der Waals surface area contributed by atoms with Gasteiger partial charge >= 0.3 is 5.97 Å². The number of carbonyl (C=O) groups is 3. The topological polar surface area (TPSA) is 79.0 Å². The Morgan fingerprint density at radius 1 is 1.03 bits per heavy atom. The number of amides is 2. The van der Waals surface area contributed by atoms with Crippen LogP contribution in [0.1, 0.15) is 42.2 Å². The summed E-state index contributed by atoms with van der Waals surface area (Å²) >= 11 is 0. The third-order valence-electron chi connectivity index (χ3n) is 5.85. The number of methoxy groups -OCH3 is 1. The molecule has 2 saturated heterocycles. The van der Waals surface area contributed by atoms with E-state index in [0.29, 0.717) is 12.0 Å². The summed E-state index contributed by atoms with van der Waals surface area (Å²) in [5.74, 6) is -1.10. The molecule has 0 spiro atoms. The molecule has 3 atom stereocenters. The molecule has 156 valence electrons. The fourth-order valence-electron chi connectivity index (χ4n) is 4.54. The predicted octanol–water partition coefficient (Wildman–Crippen LogP) is 2.31. The molecular formula is C23H25N3O4. The zero-order valence-corrected chi connectivity index (χ0v) is 17.2. The molecule has 0 bridgehead atoms. The fourth-order valence-corrected chi connectivity index (χ4v) is 4.54. The van der Waals surface area contributed by atoms with Crippen molar-refractivity contribution in [2.45, 2.75) is 43.9 Å². The first-order chi connectivity index (χ1) is 14.3. The van der Waals surface area contributed by atoms with E-state index in [2.05, 4.69) is 5.32 Å². The van der Waals surface area contributed by atoms with Crippen molar-refractivity contribution in [3.8, 4) is 0 Å². The maximum atomic E-state index is 13.5. The highest BCUT2D eigenvalue weighted by Gasteiger charge is 2.61. The number of esters is 1. The number of nitrogens with zero attached hydrogens (tertiary/aromatic N) is 2. The molecule has 0 unspecified atom stereocenters. The summed E-state index contributed by atoms with van der Waals surface area (Å²) in [4.78, 5) is 38.9. The van der Waals surface area contributed by atoms with Crippen molar-refractivity contribution < 1.29 is 19.1 Å². The van der Waals surface area contributed by atoms with Crippen LogP contribution in [0.15, 0.2) is 60.7 Å². The summed E-state index contributed by atoms with van der Waals surface area (Å²) in [6.45, 7) is 3.99. The first-order valence-electron chi connectivity index (χ1n) is 9.96. The smallest absolute Gasteiger partial charge is 0.330 e. The summed E-state index contributed by atoms with van der Waals surface area (Å²) in [6, 6.07) is 16.4. The van der Waals surface area contributed by atoms with Crippen molar-refractivity contribution >= 4 is 17.8 Å². The number of hydrogen-bond acceptors (Lipinski definition) is 5. The molecule has 7 nitrogen and oxygen atoms in total. The van der Waals surface area contributed by atoms with Gasteiger partial charge in [0, 0.05) is 11.1 Å². The van der Waals surface area contributed by atoms with Crippen molar-refractivity contribution in [3.05, 3.63) is 71.8 Å². The molecule has 2 fully saturated rings. The van der Waals surface area contributed by atoms with E-state index in [9.17, 15) is 14.4 Å². The maximum Gasteiger partial charge on any atom is 0.330 e. The SMILES string of the molecule is COC(=O)[C@H]1CC(C)(C)N2[C@H](c3ccccc3)[C@@H](NC(=O)c3ccccc3)C(=O)N12. The van der Waals surface area contributed by atoms with Crippen LogP contribution in [0, 0.1) is 0 Å². The second kappa shape index (κ2) is 7.57. The Balaban J connectivity index is 1.76. The van der Waals surface area contributed by atoms with Crippen molar-refractivity contribution in [1.29, 1.82) is 0 Å². The second-order valence-electron chi connectivity index (χ2n) is 8.26. The molecule has 0 radical (unpaired) electrons. The van der Waals surface area contributed by atoms with Gasteiger partial charge in [0.2, 0.25) is 0 Å². The predicted molar refractivity (Wildman–Crippen MR) is 110 cm³/mol. The number of hydrogen-bond donors (Lipinski definition) is 1. The van der Waals surface area contributed by atoms with Crippen molar-refractivity contribution in [2.24, 2.45) is 0 Å². The molecule has 30 heavy (non-hydrogen) atoms. The van der Waals surface area contributed by atoms with E-state index < -0.39 is 29.6 Å². The highest BCUT2D eigenvalue weighted by molar-refractivity contribution is 5.99. The molecular weight excluding hydrogens is 382 g/mol. The van der Waals surface area contributed by atoms with Gasteiger partial charge in [0.15, 0.2) is 0 Å². The van der Waals surface area contributed by atoms with Crippen LogP contribution in [0.25, 0.3) is 0 Å². The number of benzene rings is 2. The maximum absolute atomic E-state index is 13.5. The Bertz CT molecular complexity index is 961. The molecule has 1 N–H and O–H groups in total. The molecule has 0 aromatic heterocycles. The van der Waals surface area contributed by atoms with E-state index >= 15 is 0 Å². The zero-order chi connectivity index (χ0) is 21.5. The van der Waals surface area contributed by atoms with Gasteiger partial charge in [-0.25, -0.2) is 9.80 Å². The van der Waals surface area contributed by atoms with Crippen LogP contribution < -0.4 is 5.32 Å². The number of ether oxygens (including phenoxy) is 1. The lowest BCUT2D eigenvalue weighted by Gasteiger charge is -2.36. The van der Waals surface area contributed by atoms with Crippen molar-refractivity contribution in [1.82, 2.24) is 15.3 Å². The van der Waals surface area contributed by atoms with Crippen LogP contribution in [0.3, 0.4) is 0 Å². The lowest BCUT2D eigenvalue weighted by Crippen LogP contribution is -2.47. The Morgan fingerprint density at radius 2 is 1.63 bits per heavy atom. The highest BCUT2D eigenvalue weighted by atomic mass is 16.5. The van der Waals surface area contributed by atoms with Crippen molar-refractivity contribution in [3.63, 3.8) is 0 Å². The summed E-state index contributed by atoms with van der Waals surface area (Å²) in [5.41, 5.74) is 0.884. The Kier molecular flexibility index (Phi) is 5.07. The Morgan fingerprint density at radius 3 is 2.23 bits per heavy atom. The Hall–Kier alpha value is -3.19. The number of hydrazine groups is 1. The minimum atomic E-state index is -0.827. The van der Waals surface area contributed by atoms with E-state index in [1.165, 1.54) is 12.1 Å². The average Bonchev–Trinajstić information content (AvgIpc) is 3.21. The van der Waals surface area contributed by atoms with Gasteiger partial charge in [-0.05, 0) is 38.0 Å². The molecule has 2 amide bonds. The third kappa shape index (κ3) is 3.25. The number of fused-ring (bicyclic) bond motifs is 1. The van der Waals surface area contributed by atoms with Gasteiger partial charge in [0.1, 0.15) is 12.1 Å². The third-order valence-corrected chi connectivity index (χ3v) is 5.85. The normalized spacial score (nSPS) is 25.1. The van der Waals surface area contributed by atoms with Crippen LogP contribution in [-0.4, -0.2) is 52.5 Å². The van der Waals surface area contributed by atoms with E-state index in [-0.39, 0.29) is 11.8 Å². The van der Waals surface area contributed by atoms with Gasteiger partial charge in [-0.15, -0.1) is 0 Å². The minimum absolute atomic E-state index is 0.311. The lowest BCUT2D eigenvalue weighted by molar-refractivity contribution is -0.158. The summed E-state index contributed by atoms with van der Waals surface area (Å²) < 4.78 is 4.96. The molecule has 7 heteroatoms. The molecule has 0 aliphatic carbocycles. The average molecular weight is 407 g/mol. The quantitative estimate of drug-likeness (QED) is 0.787. The van der Waals surface area contributed by atoms with E-state index in [4.69, 9.17) is 4.74 Å². The first-order valence-corrected chi connectivity index (χ1v) is 9.96. The molecule has 2 aliphatic heterocycles. The van der Waals surface area contributed by atoms with Gasteiger partial charge < -0.3 is 10.1 Å². The van der Waals surface area contributed by atoms with Crippen LogP contribution in [0.2, 0.25) is 0 Å². The van der Waals surface area contributed by atoms with Gasteiger partial charge in [-0.2, -0.15) is 0 Å². The lowest BCUT2D eigenvalue weighted by atomic mass is 9.91. The van der Waals surface area contributed by atoms with Crippen LogP contribution in [-0.2, 0) is 14.3 Å². The molecule has 2 aromatic rings. The second-order valence-corrected chi connectivity index (χ2v) is 8.26. The van der Waals surface area contributed by atoms with Gasteiger partial charge in [0.05, 0.1) is 13.2 Å². The summed E-state index contributed by atoms with van der Waals surface area (Å²) in [6.07, 6.45) is 0.452. The van der Waals surface area contributed by atoms with Crippen LogP contribution in [0.4, 0.5) is 0 Å². The van der Waals surface area contributed by atoms with E-state index in [1.807, 2.05) is 55.3 Å². The molecule has 2 aromatic carbocycles. The highest BCUT2D eigenvalue weighted by Crippen LogP contribution is 2.47. The Labute approximate surface area is 175 Å². The van der Waals surface area contributed by atoms with Crippen LogP contribution >= 0.6 is 0 Å². The largest absolute Gasteiger partial charge is 0.467 e. The monoisotopic (exact) mass is 407 g/mol. The summed E-state index contributed by atoms with van der Waals surface area (Å²) in [5, 5.41) is 6.33. The van der Waals surface area contributed by atoms with E-state index in [0.717, 1.165) is 5.56 Å². The summed E-state index contributed by atoms with van der Waals surface area (Å²) in [7, 11) is 1.32. The van der Waals surface area contributed by atoms with Crippen molar-refractivity contribution in [2.75, 3.05) is 7.11 Å². The molecule has 2 heterocycles. The number of rotatable bonds is 4. The number of carbonyl (C=O) groups excluding carboxylic acids is 3. The fraction of sp³-hybridized carbons (Fsp3) is 0.348. The number of nitrogens with one attached hydrogen (secondary N) is 1. The van der Waals surface area contributed by atoms with Crippen LogP contribution in [0.5, 0.6) is 0 Å². The van der Waals surface area contributed by atoms with Gasteiger partial charge in [0.25, 0.3) is 11.8 Å². The first kappa shape index (κ1) is 20.1.